The molecule has 0 aliphatic rings. The minimum atomic E-state index is -0.577. The van der Waals surface area contributed by atoms with Gasteiger partial charge in [-0.15, -0.1) is 0 Å². The van der Waals surface area contributed by atoms with E-state index in [4.69, 9.17) is 13.7 Å². The van der Waals surface area contributed by atoms with Gasteiger partial charge in [-0.2, -0.15) is 0 Å². The molecule has 142 valence electrons. The maximum Gasteiger partial charge on any atom is 0.328 e. The number of fused-ring (bicyclic) bond motifs is 1. The zero-order valence-electron chi connectivity index (χ0n) is 14.6. The molecule has 4 rings (SSSR count). The second kappa shape index (κ2) is 7.39. The Morgan fingerprint density at radius 3 is 2.82 bits per heavy atom. The van der Waals surface area contributed by atoms with Crippen molar-refractivity contribution >= 4 is 16.9 Å². The van der Waals surface area contributed by atoms with Crippen LogP contribution in [0.3, 0.4) is 0 Å². The molecule has 0 aliphatic carbocycles. The quantitative estimate of drug-likeness (QED) is 0.508. The molecule has 1 aromatic carbocycles. The predicted molar refractivity (Wildman–Crippen MR) is 97.4 cm³/mol. The summed E-state index contributed by atoms with van der Waals surface area (Å²) in [5.41, 5.74) is 0.104. The van der Waals surface area contributed by atoms with Crippen LogP contribution in [-0.4, -0.2) is 20.7 Å². The molecule has 9 nitrogen and oxygen atoms in total. The van der Waals surface area contributed by atoms with E-state index in [0.717, 1.165) is 11.0 Å². The number of hydrogen-bond donors (Lipinski definition) is 1. The van der Waals surface area contributed by atoms with Crippen molar-refractivity contribution in [3.8, 4) is 11.5 Å². The number of esters is 1. The number of carbonyl (C=O) groups is 1. The Balaban J connectivity index is 1.34. The summed E-state index contributed by atoms with van der Waals surface area (Å²) in [7, 11) is 0. The van der Waals surface area contributed by atoms with E-state index in [1.54, 1.807) is 6.07 Å². The fraction of sp³-hybridized carbons (Fsp3) is 0.158. The van der Waals surface area contributed by atoms with Crippen LogP contribution in [0.1, 0.15) is 12.1 Å². The number of nitrogens with one attached hydrogen (secondary N) is 1. The molecule has 4 aromatic rings. The third kappa shape index (κ3) is 3.78. The number of hydrogen-bond acceptors (Lipinski definition) is 7. The highest BCUT2D eigenvalue weighted by atomic mass is 16.5. The van der Waals surface area contributed by atoms with E-state index < -0.39 is 17.2 Å². The van der Waals surface area contributed by atoms with Gasteiger partial charge in [0.2, 0.25) is 5.76 Å². The van der Waals surface area contributed by atoms with Gasteiger partial charge in [0.25, 0.3) is 5.56 Å². The highest BCUT2D eigenvalue weighted by Crippen LogP contribution is 2.28. The molecule has 3 heterocycles. The number of carbonyl (C=O) groups excluding carboxylic acids is 1. The fourth-order valence-electron chi connectivity index (χ4n) is 2.66. The first kappa shape index (κ1) is 17.5. The average Bonchev–Trinajstić information content (AvgIpc) is 3.32. The van der Waals surface area contributed by atoms with Crippen LogP contribution >= 0.6 is 0 Å². The molecule has 1 N–H and O–H groups in total. The molecule has 9 heteroatoms. The van der Waals surface area contributed by atoms with Crippen molar-refractivity contribution in [3.63, 3.8) is 0 Å². The summed E-state index contributed by atoms with van der Waals surface area (Å²) in [6.45, 7) is 0.0284. The summed E-state index contributed by atoms with van der Waals surface area (Å²) in [6.07, 6.45) is 1.30. The number of H-pyrrole nitrogens is 1. The molecule has 0 spiro atoms. The lowest BCUT2D eigenvalue weighted by Gasteiger charge is -2.04. The van der Waals surface area contributed by atoms with E-state index >= 15 is 0 Å². The largest absolute Gasteiger partial charge is 0.459 e. The number of nitrogens with zero attached hydrogens (tertiary/aromatic N) is 2. The third-order valence-corrected chi connectivity index (χ3v) is 4.06. The molecule has 0 fully saturated rings. The Kier molecular flexibility index (Phi) is 4.63. The van der Waals surface area contributed by atoms with Crippen molar-refractivity contribution < 1.29 is 18.5 Å². The number of ether oxygens (including phenoxy) is 1. The fourth-order valence-corrected chi connectivity index (χ4v) is 2.66. The second-order valence-electron chi connectivity index (χ2n) is 6.05. The van der Waals surface area contributed by atoms with Crippen LogP contribution in [0.5, 0.6) is 0 Å². The smallest absolute Gasteiger partial charge is 0.328 e. The van der Waals surface area contributed by atoms with E-state index in [1.807, 2.05) is 30.3 Å². The summed E-state index contributed by atoms with van der Waals surface area (Å²) in [4.78, 5) is 36.6. The highest BCUT2D eigenvalue weighted by Gasteiger charge is 2.13. The molecular weight excluding hydrogens is 366 g/mol. The van der Waals surface area contributed by atoms with Gasteiger partial charge in [0.15, 0.2) is 5.76 Å². The average molecular weight is 381 g/mol. The predicted octanol–water partition coefficient (Wildman–Crippen LogP) is 2.07. The minimum Gasteiger partial charge on any atom is -0.459 e. The molecule has 0 saturated heterocycles. The summed E-state index contributed by atoms with van der Waals surface area (Å²) >= 11 is 0. The number of aromatic amines is 1. The number of aromatic nitrogens is 3. The molecule has 0 bridgehead atoms. The lowest BCUT2D eigenvalue weighted by molar-refractivity contribution is -0.145. The van der Waals surface area contributed by atoms with Gasteiger partial charge in [-0.3, -0.25) is 14.6 Å². The third-order valence-electron chi connectivity index (χ3n) is 4.06. The van der Waals surface area contributed by atoms with E-state index in [9.17, 15) is 14.4 Å². The van der Waals surface area contributed by atoms with Crippen LogP contribution in [0.25, 0.3) is 22.5 Å². The van der Waals surface area contributed by atoms with Crippen LogP contribution < -0.4 is 11.2 Å². The standard InChI is InChI=1S/C19H15N3O6/c23-17-5-7-22(19(25)20-17)8-6-18(24)26-11-13-10-16(28-21-13)15-9-12-3-1-2-4-14(12)27-15/h1-5,7,9-10H,6,8,11H2,(H,20,23,25). The zero-order chi connectivity index (χ0) is 19.5. The van der Waals surface area contributed by atoms with Crippen molar-refractivity contribution in [1.29, 1.82) is 0 Å². The van der Waals surface area contributed by atoms with E-state index in [0.29, 0.717) is 17.2 Å². The monoisotopic (exact) mass is 381 g/mol. The molecule has 0 amide bonds. The number of benzene rings is 1. The molecule has 0 saturated carbocycles. The van der Waals surface area contributed by atoms with E-state index in [1.165, 1.54) is 16.8 Å². The first-order valence-corrected chi connectivity index (χ1v) is 8.48. The Morgan fingerprint density at radius 2 is 2.00 bits per heavy atom. The van der Waals surface area contributed by atoms with Gasteiger partial charge in [0.05, 0.1) is 6.42 Å². The summed E-state index contributed by atoms with van der Waals surface area (Å²) in [6, 6.07) is 12.3. The van der Waals surface area contributed by atoms with Gasteiger partial charge >= 0.3 is 11.7 Å². The number of furan rings is 1. The van der Waals surface area contributed by atoms with E-state index in [-0.39, 0.29) is 19.6 Å². The highest BCUT2D eigenvalue weighted by molar-refractivity contribution is 5.81. The van der Waals surface area contributed by atoms with Crippen LogP contribution in [0.15, 0.2) is 67.2 Å². The van der Waals surface area contributed by atoms with Crippen molar-refractivity contribution in [2.75, 3.05) is 0 Å². The lowest BCUT2D eigenvalue weighted by atomic mass is 10.2. The maximum atomic E-state index is 11.9. The summed E-state index contributed by atoms with van der Waals surface area (Å²) in [5, 5.41) is 4.81. The summed E-state index contributed by atoms with van der Waals surface area (Å²) in [5.74, 6) is 0.456. The van der Waals surface area contributed by atoms with Crippen LogP contribution in [-0.2, 0) is 22.7 Å². The second-order valence-corrected chi connectivity index (χ2v) is 6.05. The van der Waals surface area contributed by atoms with Crippen molar-refractivity contribution in [1.82, 2.24) is 14.7 Å². The van der Waals surface area contributed by atoms with Crippen LogP contribution in [0.4, 0.5) is 0 Å². The molecule has 0 aliphatic heterocycles. The van der Waals surface area contributed by atoms with Crippen molar-refractivity contribution in [2.24, 2.45) is 0 Å². The molecule has 0 radical (unpaired) electrons. The Labute approximate surface area is 157 Å². The minimum absolute atomic E-state index is 0.0275. The normalized spacial score (nSPS) is 11.0. The van der Waals surface area contributed by atoms with E-state index in [2.05, 4.69) is 10.1 Å². The number of aryl methyl sites for hydroxylation is 1. The number of rotatable bonds is 6. The van der Waals surface area contributed by atoms with Crippen LogP contribution in [0, 0.1) is 0 Å². The van der Waals surface area contributed by atoms with Gasteiger partial charge in [-0.25, -0.2) is 4.79 Å². The summed E-state index contributed by atoms with van der Waals surface area (Å²) < 4.78 is 17.3. The van der Waals surface area contributed by atoms with Crippen molar-refractivity contribution in [2.45, 2.75) is 19.6 Å². The van der Waals surface area contributed by atoms with Gasteiger partial charge in [0.1, 0.15) is 17.9 Å². The van der Waals surface area contributed by atoms with Crippen molar-refractivity contribution in [3.05, 3.63) is 75.2 Å². The molecule has 0 unspecified atom stereocenters. The first-order chi connectivity index (χ1) is 13.6. The van der Waals surface area contributed by atoms with Gasteiger partial charge in [-0.1, -0.05) is 23.4 Å². The topological polar surface area (TPSA) is 120 Å². The zero-order valence-corrected chi connectivity index (χ0v) is 14.6. The first-order valence-electron chi connectivity index (χ1n) is 8.48. The molecular formula is C19H15N3O6. The molecule has 28 heavy (non-hydrogen) atoms. The lowest BCUT2D eigenvalue weighted by Crippen LogP contribution is -2.29. The molecule has 3 aromatic heterocycles. The Morgan fingerprint density at radius 1 is 1.14 bits per heavy atom. The van der Waals surface area contributed by atoms with Gasteiger partial charge in [0, 0.05) is 30.3 Å². The Hall–Kier alpha value is -3.88. The maximum absolute atomic E-state index is 11.9. The Bertz CT molecular complexity index is 1210. The molecule has 0 atom stereocenters. The SMILES string of the molecule is O=C(CCn1ccc(=O)[nH]c1=O)OCc1cc(-c2cc3ccccc3o2)on1. The van der Waals surface area contributed by atoms with Crippen LogP contribution in [0.2, 0.25) is 0 Å². The van der Waals surface area contributed by atoms with Gasteiger partial charge in [-0.05, 0) is 12.1 Å². The van der Waals surface area contributed by atoms with Gasteiger partial charge < -0.3 is 18.2 Å². The number of para-hydroxylation sites is 1.